The van der Waals surface area contributed by atoms with Gasteiger partial charge in [0, 0.05) is 24.2 Å². The van der Waals surface area contributed by atoms with Gasteiger partial charge in [-0.2, -0.15) is 0 Å². The number of hydrogen-bond donors (Lipinski definition) is 2. The molecule has 22 heavy (non-hydrogen) atoms. The molecule has 0 saturated heterocycles. The van der Waals surface area contributed by atoms with Gasteiger partial charge in [-0.15, -0.1) is 0 Å². The molecule has 0 radical (unpaired) electrons. The van der Waals surface area contributed by atoms with E-state index in [0.717, 1.165) is 10.9 Å². The number of aromatic nitrogens is 2. The Morgan fingerprint density at radius 3 is 2.77 bits per heavy atom. The van der Waals surface area contributed by atoms with Crippen LogP contribution in [0.4, 0.5) is 0 Å². The van der Waals surface area contributed by atoms with Crippen molar-refractivity contribution < 1.29 is 14.7 Å². The Morgan fingerprint density at radius 2 is 2.05 bits per heavy atom. The Balaban J connectivity index is 1.94. The molecule has 1 amide bonds. The molecule has 6 heteroatoms. The number of nitrogens with zero attached hydrogens (tertiary/aromatic N) is 2. The van der Waals surface area contributed by atoms with Crippen molar-refractivity contribution in [1.82, 2.24) is 15.0 Å². The summed E-state index contributed by atoms with van der Waals surface area (Å²) in [7, 11) is 0. The zero-order valence-corrected chi connectivity index (χ0v) is 11.9. The number of ether oxygens (including phenoxy) is 1. The number of rotatable bonds is 4. The summed E-state index contributed by atoms with van der Waals surface area (Å²) in [6.45, 7) is 1.92. The predicted molar refractivity (Wildman–Crippen MR) is 80.8 cm³/mol. The minimum absolute atomic E-state index is 0.257. The van der Waals surface area contributed by atoms with Crippen LogP contribution in [0.5, 0.6) is 5.75 Å². The summed E-state index contributed by atoms with van der Waals surface area (Å²) >= 11 is 0. The topological polar surface area (TPSA) is 76.4 Å². The Labute approximate surface area is 126 Å². The molecule has 0 aliphatic heterocycles. The molecule has 1 atom stereocenters. The van der Waals surface area contributed by atoms with E-state index in [1.54, 1.807) is 42.1 Å². The van der Waals surface area contributed by atoms with Gasteiger partial charge in [0.25, 0.3) is 5.91 Å². The predicted octanol–water partition coefficient (Wildman–Crippen LogP) is 2.75. The van der Waals surface area contributed by atoms with Gasteiger partial charge in [0.1, 0.15) is 5.75 Å². The molecule has 2 N–H and O–H groups in total. The largest absolute Gasteiger partial charge is 0.470 e. The number of hydroxylamine groups is 1. The van der Waals surface area contributed by atoms with Gasteiger partial charge in [-0.3, -0.25) is 15.0 Å². The number of carbonyl (C=O) groups is 1. The summed E-state index contributed by atoms with van der Waals surface area (Å²) in [6.07, 6.45) is 4.98. The zero-order valence-electron chi connectivity index (χ0n) is 11.9. The van der Waals surface area contributed by atoms with Crippen molar-refractivity contribution in [3.05, 3.63) is 60.6 Å². The summed E-state index contributed by atoms with van der Waals surface area (Å²) in [5.41, 5.74) is 2.87. The number of hydrogen-bond acceptors (Lipinski definition) is 4. The van der Waals surface area contributed by atoms with Gasteiger partial charge in [-0.05, 0) is 42.6 Å². The van der Waals surface area contributed by atoms with E-state index in [4.69, 9.17) is 9.94 Å². The molecule has 0 bridgehead atoms. The lowest BCUT2D eigenvalue weighted by Gasteiger charge is -2.17. The van der Waals surface area contributed by atoms with Gasteiger partial charge in [-0.1, -0.05) is 6.07 Å². The molecule has 3 rings (SSSR count). The lowest BCUT2D eigenvalue weighted by molar-refractivity contribution is 0.0706. The van der Waals surface area contributed by atoms with E-state index in [0.29, 0.717) is 11.3 Å². The fraction of sp³-hybridized carbons (Fsp3) is 0.125. The number of fused-ring (bicyclic) bond motifs is 1. The van der Waals surface area contributed by atoms with E-state index in [1.807, 2.05) is 29.8 Å². The molecule has 0 aliphatic rings. The zero-order chi connectivity index (χ0) is 15.5. The van der Waals surface area contributed by atoms with Crippen LogP contribution >= 0.6 is 0 Å². The van der Waals surface area contributed by atoms with Crippen LogP contribution in [0.3, 0.4) is 0 Å². The van der Waals surface area contributed by atoms with Crippen LogP contribution in [0.25, 0.3) is 10.9 Å². The van der Waals surface area contributed by atoms with Gasteiger partial charge in [0.15, 0.2) is 6.23 Å². The van der Waals surface area contributed by atoms with Gasteiger partial charge < -0.3 is 9.30 Å². The van der Waals surface area contributed by atoms with Crippen molar-refractivity contribution in [3.63, 3.8) is 0 Å². The van der Waals surface area contributed by atoms with Gasteiger partial charge in [0.2, 0.25) is 0 Å². The molecule has 3 aromatic rings. The Bertz CT molecular complexity index is 799. The fourth-order valence-electron chi connectivity index (χ4n) is 2.34. The smallest absolute Gasteiger partial charge is 0.274 e. The molecule has 0 spiro atoms. The second-order valence-electron chi connectivity index (χ2n) is 4.84. The molecule has 6 nitrogen and oxygen atoms in total. The van der Waals surface area contributed by atoms with Crippen LogP contribution in [-0.4, -0.2) is 20.7 Å². The van der Waals surface area contributed by atoms with Crippen molar-refractivity contribution in [1.29, 1.82) is 0 Å². The first-order valence-electron chi connectivity index (χ1n) is 6.81. The maximum absolute atomic E-state index is 11.5. The molecule has 2 aromatic heterocycles. The highest BCUT2D eigenvalue weighted by molar-refractivity contribution is 5.97. The van der Waals surface area contributed by atoms with Crippen LogP contribution in [0.2, 0.25) is 0 Å². The Kier molecular flexibility index (Phi) is 3.76. The summed E-state index contributed by atoms with van der Waals surface area (Å²) < 4.78 is 7.79. The second-order valence-corrected chi connectivity index (χ2v) is 4.84. The van der Waals surface area contributed by atoms with Gasteiger partial charge in [-0.25, -0.2) is 5.48 Å². The van der Waals surface area contributed by atoms with Crippen molar-refractivity contribution in [2.45, 2.75) is 13.2 Å². The van der Waals surface area contributed by atoms with Crippen molar-refractivity contribution >= 4 is 16.8 Å². The van der Waals surface area contributed by atoms with E-state index in [-0.39, 0.29) is 6.23 Å². The Hall–Kier alpha value is -2.86. The van der Waals surface area contributed by atoms with Crippen LogP contribution in [0.15, 0.2) is 55.0 Å². The summed E-state index contributed by atoms with van der Waals surface area (Å²) in [4.78, 5) is 15.5. The fourth-order valence-corrected chi connectivity index (χ4v) is 2.34. The number of pyridine rings is 1. The average molecular weight is 297 g/mol. The highest BCUT2D eigenvalue weighted by Gasteiger charge is 2.12. The molecule has 1 aromatic carbocycles. The van der Waals surface area contributed by atoms with E-state index in [9.17, 15) is 4.79 Å². The molecule has 0 fully saturated rings. The number of amides is 1. The first-order valence-corrected chi connectivity index (χ1v) is 6.81. The molecule has 0 aliphatic carbocycles. The Morgan fingerprint density at radius 1 is 1.27 bits per heavy atom. The standard InChI is InChI=1S/C16H15N3O3/c1-11(22-14-4-7-17-8-5-14)19-9-6-12-2-3-13(10-15(12)19)16(20)18-21/h2-11,21H,1H3,(H,18,20). The van der Waals surface area contributed by atoms with Gasteiger partial charge in [0.05, 0.1) is 5.52 Å². The summed E-state index contributed by atoms with van der Waals surface area (Å²) in [6, 6.07) is 10.7. The van der Waals surface area contributed by atoms with Gasteiger partial charge >= 0.3 is 0 Å². The minimum Gasteiger partial charge on any atom is -0.470 e. The van der Waals surface area contributed by atoms with Crippen molar-refractivity contribution in [2.75, 3.05) is 0 Å². The lowest BCUT2D eigenvalue weighted by Crippen LogP contribution is -2.18. The molecular formula is C16H15N3O3. The van der Waals surface area contributed by atoms with E-state index >= 15 is 0 Å². The third kappa shape index (κ3) is 2.64. The highest BCUT2D eigenvalue weighted by Crippen LogP contribution is 2.23. The SMILES string of the molecule is CC(Oc1ccncc1)n1ccc2ccc(C(=O)NO)cc21. The van der Waals surface area contributed by atoms with E-state index in [1.165, 1.54) is 0 Å². The molecule has 0 saturated carbocycles. The highest BCUT2D eigenvalue weighted by atomic mass is 16.5. The minimum atomic E-state index is -0.544. The van der Waals surface area contributed by atoms with Crippen LogP contribution in [0.1, 0.15) is 23.5 Å². The maximum Gasteiger partial charge on any atom is 0.274 e. The van der Waals surface area contributed by atoms with E-state index < -0.39 is 5.91 Å². The molecule has 2 heterocycles. The number of carbonyl (C=O) groups excluding carboxylic acids is 1. The lowest BCUT2D eigenvalue weighted by atomic mass is 10.1. The normalized spacial score (nSPS) is 12.1. The van der Waals surface area contributed by atoms with Crippen molar-refractivity contribution in [3.8, 4) is 5.75 Å². The third-order valence-electron chi connectivity index (χ3n) is 3.44. The van der Waals surface area contributed by atoms with Crippen LogP contribution in [0, 0.1) is 0 Å². The third-order valence-corrected chi connectivity index (χ3v) is 3.44. The van der Waals surface area contributed by atoms with Crippen LogP contribution < -0.4 is 10.2 Å². The average Bonchev–Trinajstić information content (AvgIpc) is 2.98. The van der Waals surface area contributed by atoms with E-state index in [2.05, 4.69) is 4.98 Å². The van der Waals surface area contributed by atoms with Crippen molar-refractivity contribution in [2.24, 2.45) is 0 Å². The number of benzene rings is 1. The molecule has 1 unspecified atom stereocenters. The maximum atomic E-state index is 11.5. The second kappa shape index (κ2) is 5.87. The first kappa shape index (κ1) is 14.1. The quantitative estimate of drug-likeness (QED) is 0.573. The summed E-state index contributed by atoms with van der Waals surface area (Å²) in [5, 5.41) is 9.73. The number of nitrogens with one attached hydrogen (secondary N) is 1. The van der Waals surface area contributed by atoms with Crippen LogP contribution in [-0.2, 0) is 0 Å². The summed E-state index contributed by atoms with van der Waals surface area (Å²) in [5.74, 6) is 0.172. The molecule has 112 valence electrons. The first-order chi connectivity index (χ1) is 10.7. The molecular weight excluding hydrogens is 282 g/mol. The monoisotopic (exact) mass is 297 g/mol.